The van der Waals surface area contributed by atoms with Crippen LogP contribution in [-0.4, -0.2) is 27.5 Å². The molecule has 3 nitrogen and oxygen atoms in total. The molecule has 1 rings (SSSR count). The van der Waals surface area contributed by atoms with Crippen molar-refractivity contribution in [1.29, 1.82) is 0 Å². The molecular weight excluding hydrogens is 236 g/mol. The van der Waals surface area contributed by atoms with E-state index in [1.807, 2.05) is 6.07 Å². The van der Waals surface area contributed by atoms with Crippen molar-refractivity contribution in [2.75, 3.05) is 5.75 Å². The van der Waals surface area contributed by atoms with Crippen LogP contribution in [0.5, 0.6) is 0 Å². The van der Waals surface area contributed by atoms with Gasteiger partial charge in [0.2, 0.25) is 0 Å². The highest BCUT2D eigenvalue weighted by atomic mass is 35.5. The maximum absolute atomic E-state index is 10.6. The predicted octanol–water partition coefficient (Wildman–Crippen LogP) is 2.27. The third-order valence-electron chi connectivity index (χ3n) is 1.78. The van der Waals surface area contributed by atoms with Crippen molar-refractivity contribution in [3.8, 4) is 0 Å². The number of carboxylic acids is 1. The summed E-state index contributed by atoms with van der Waals surface area (Å²) in [5, 5.41) is 18.7. The first-order valence-electron chi connectivity index (χ1n) is 4.26. The first-order valence-corrected chi connectivity index (χ1v) is 5.62. The number of hydrogen-bond acceptors (Lipinski definition) is 3. The first-order chi connectivity index (χ1) is 6.92. The average molecular weight is 247 g/mol. The van der Waals surface area contributed by atoms with Crippen molar-refractivity contribution in [3.05, 3.63) is 29.3 Å². The highest BCUT2D eigenvalue weighted by molar-refractivity contribution is 7.99. The van der Waals surface area contributed by atoms with E-state index in [0.717, 1.165) is 4.90 Å². The summed E-state index contributed by atoms with van der Waals surface area (Å²) < 4.78 is 0. The molecule has 0 saturated heterocycles. The van der Waals surface area contributed by atoms with E-state index in [0.29, 0.717) is 5.02 Å². The van der Waals surface area contributed by atoms with E-state index < -0.39 is 11.6 Å². The molecule has 0 aromatic heterocycles. The maximum Gasteiger partial charge on any atom is 0.336 e. The van der Waals surface area contributed by atoms with E-state index in [1.165, 1.54) is 18.7 Å². The molecule has 0 radical (unpaired) electrons. The molecule has 0 heterocycles. The Balaban J connectivity index is 2.61. The fourth-order valence-electron chi connectivity index (χ4n) is 0.842. The van der Waals surface area contributed by atoms with Crippen LogP contribution < -0.4 is 0 Å². The molecule has 1 aromatic carbocycles. The minimum Gasteiger partial charge on any atom is -0.479 e. The summed E-state index contributed by atoms with van der Waals surface area (Å²) in [5.41, 5.74) is -1.72. The van der Waals surface area contributed by atoms with E-state index in [4.69, 9.17) is 16.7 Å². The van der Waals surface area contributed by atoms with Crippen molar-refractivity contribution in [2.45, 2.75) is 17.4 Å². The predicted molar refractivity (Wildman–Crippen MR) is 60.4 cm³/mol. The van der Waals surface area contributed by atoms with Gasteiger partial charge in [0.05, 0.1) is 0 Å². The molecule has 1 unspecified atom stereocenters. The molecule has 0 bridgehead atoms. The number of benzene rings is 1. The normalized spacial score (nSPS) is 14.6. The highest BCUT2D eigenvalue weighted by Crippen LogP contribution is 2.25. The van der Waals surface area contributed by atoms with Crippen molar-refractivity contribution in [2.24, 2.45) is 0 Å². The van der Waals surface area contributed by atoms with Gasteiger partial charge in [-0.3, -0.25) is 0 Å². The van der Waals surface area contributed by atoms with E-state index in [2.05, 4.69) is 0 Å². The lowest BCUT2D eigenvalue weighted by Crippen LogP contribution is -2.37. The standard InChI is InChI=1S/C10H11ClO3S/c1-10(14,9(12)13)6-15-8-4-2-3-7(11)5-8/h2-5,14H,6H2,1H3,(H,12,13). The first kappa shape index (κ1) is 12.4. The molecule has 0 aliphatic heterocycles. The average Bonchev–Trinajstić information content (AvgIpc) is 2.15. The van der Waals surface area contributed by atoms with Gasteiger partial charge in [0, 0.05) is 15.7 Å². The summed E-state index contributed by atoms with van der Waals surface area (Å²) in [6.45, 7) is 1.27. The van der Waals surface area contributed by atoms with E-state index in [9.17, 15) is 9.90 Å². The summed E-state index contributed by atoms with van der Waals surface area (Å²) in [5.74, 6) is -1.14. The number of carboxylic acid groups (broad SMARTS) is 1. The van der Waals surface area contributed by atoms with Gasteiger partial charge in [-0.15, -0.1) is 11.8 Å². The number of hydrogen-bond donors (Lipinski definition) is 2. The second-order valence-electron chi connectivity index (χ2n) is 3.33. The number of thioether (sulfide) groups is 1. The largest absolute Gasteiger partial charge is 0.479 e. The lowest BCUT2D eigenvalue weighted by molar-refractivity contribution is -0.154. The molecule has 0 spiro atoms. The Bertz CT molecular complexity index is 365. The fraction of sp³-hybridized carbons (Fsp3) is 0.300. The smallest absolute Gasteiger partial charge is 0.336 e. The summed E-state index contributed by atoms with van der Waals surface area (Å²) in [6.07, 6.45) is 0. The van der Waals surface area contributed by atoms with Gasteiger partial charge in [-0.25, -0.2) is 4.79 Å². The maximum atomic E-state index is 10.6. The number of aliphatic hydroxyl groups is 1. The van der Waals surface area contributed by atoms with Gasteiger partial charge in [0.25, 0.3) is 0 Å². The Hall–Kier alpha value is -0.710. The lowest BCUT2D eigenvalue weighted by atomic mass is 10.1. The number of aliphatic carboxylic acids is 1. The Morgan fingerprint density at radius 1 is 1.60 bits per heavy atom. The molecule has 0 aliphatic carbocycles. The van der Waals surface area contributed by atoms with Gasteiger partial charge in [0.15, 0.2) is 5.60 Å². The van der Waals surface area contributed by atoms with Crippen LogP contribution in [0.2, 0.25) is 5.02 Å². The zero-order valence-electron chi connectivity index (χ0n) is 8.11. The molecule has 1 atom stereocenters. The number of carbonyl (C=O) groups is 1. The minimum absolute atomic E-state index is 0.0860. The summed E-state index contributed by atoms with van der Waals surface area (Å²) in [4.78, 5) is 11.5. The third-order valence-corrected chi connectivity index (χ3v) is 3.31. The van der Waals surface area contributed by atoms with Crippen LogP contribution in [0.15, 0.2) is 29.2 Å². The highest BCUT2D eigenvalue weighted by Gasteiger charge is 2.29. The zero-order valence-corrected chi connectivity index (χ0v) is 9.68. The zero-order chi connectivity index (χ0) is 11.5. The molecule has 0 fully saturated rings. The van der Waals surface area contributed by atoms with E-state index >= 15 is 0 Å². The molecule has 1 aromatic rings. The van der Waals surface area contributed by atoms with Crippen LogP contribution >= 0.6 is 23.4 Å². The molecule has 82 valence electrons. The van der Waals surface area contributed by atoms with Crippen LogP contribution in [0.1, 0.15) is 6.92 Å². The molecule has 2 N–H and O–H groups in total. The second kappa shape index (κ2) is 4.88. The Morgan fingerprint density at radius 3 is 2.80 bits per heavy atom. The summed E-state index contributed by atoms with van der Waals surface area (Å²) in [6, 6.07) is 7.06. The van der Waals surface area contributed by atoms with E-state index in [-0.39, 0.29) is 5.75 Å². The number of halogens is 1. The summed E-state index contributed by atoms with van der Waals surface area (Å²) >= 11 is 7.02. The molecule has 0 aliphatic rings. The van der Waals surface area contributed by atoms with Crippen molar-refractivity contribution in [1.82, 2.24) is 0 Å². The Labute approximate surface area is 97.1 Å². The second-order valence-corrected chi connectivity index (χ2v) is 4.81. The van der Waals surface area contributed by atoms with Gasteiger partial charge in [0.1, 0.15) is 0 Å². The minimum atomic E-state index is -1.72. The molecule has 15 heavy (non-hydrogen) atoms. The van der Waals surface area contributed by atoms with Crippen LogP contribution in [0.4, 0.5) is 0 Å². The Morgan fingerprint density at radius 2 is 2.27 bits per heavy atom. The van der Waals surface area contributed by atoms with Crippen LogP contribution in [0.25, 0.3) is 0 Å². The Kier molecular flexibility index (Phi) is 4.02. The van der Waals surface area contributed by atoms with Gasteiger partial charge in [-0.2, -0.15) is 0 Å². The number of rotatable bonds is 4. The van der Waals surface area contributed by atoms with Crippen molar-refractivity contribution in [3.63, 3.8) is 0 Å². The molecule has 5 heteroatoms. The van der Waals surface area contributed by atoms with E-state index in [1.54, 1.807) is 18.2 Å². The SMILES string of the molecule is CC(O)(CSc1cccc(Cl)c1)C(=O)O. The van der Waals surface area contributed by atoms with Gasteiger partial charge < -0.3 is 10.2 Å². The van der Waals surface area contributed by atoms with Crippen LogP contribution in [-0.2, 0) is 4.79 Å². The van der Waals surface area contributed by atoms with Gasteiger partial charge in [-0.05, 0) is 25.1 Å². The fourth-order valence-corrected chi connectivity index (χ4v) is 2.05. The van der Waals surface area contributed by atoms with Crippen molar-refractivity contribution < 1.29 is 15.0 Å². The molecular formula is C10H11ClO3S. The lowest BCUT2D eigenvalue weighted by Gasteiger charge is -2.16. The molecule has 0 amide bonds. The molecule has 0 saturated carbocycles. The summed E-state index contributed by atoms with van der Waals surface area (Å²) in [7, 11) is 0. The van der Waals surface area contributed by atoms with Crippen molar-refractivity contribution >= 4 is 29.3 Å². The van der Waals surface area contributed by atoms with Crippen LogP contribution in [0, 0.1) is 0 Å². The monoisotopic (exact) mass is 246 g/mol. The van der Waals surface area contributed by atoms with Gasteiger partial charge >= 0.3 is 5.97 Å². The van der Waals surface area contributed by atoms with Crippen LogP contribution in [0.3, 0.4) is 0 Å². The third kappa shape index (κ3) is 3.74. The topological polar surface area (TPSA) is 57.5 Å². The quantitative estimate of drug-likeness (QED) is 0.801. The van der Waals surface area contributed by atoms with Gasteiger partial charge in [-0.1, -0.05) is 17.7 Å².